The van der Waals surface area contributed by atoms with Crippen molar-refractivity contribution in [2.45, 2.75) is 24.9 Å². The summed E-state index contributed by atoms with van der Waals surface area (Å²) in [5.74, 6) is 2.71. The standard InChI is InChI=1S/C19H23N7O2/c1-4-5-8-19(22-23-19)9-10-20-16(27)14-24(2)18(28)15-13-21-25(3)17(15)26-11-6-7-12-26/h1,6-7,11-13H,5,8-10,14H2,2-3H3,(H,20,27). The second-order valence-electron chi connectivity index (χ2n) is 6.74. The van der Waals surface area contributed by atoms with Gasteiger partial charge < -0.3 is 14.8 Å². The van der Waals surface area contributed by atoms with Crippen molar-refractivity contribution in [1.29, 1.82) is 0 Å². The molecule has 0 saturated carbocycles. The van der Waals surface area contributed by atoms with Crippen LogP contribution in [0.15, 0.2) is 41.0 Å². The Morgan fingerprint density at radius 1 is 1.29 bits per heavy atom. The van der Waals surface area contributed by atoms with Gasteiger partial charge in [0.2, 0.25) is 5.91 Å². The molecule has 0 fully saturated rings. The molecule has 0 unspecified atom stereocenters. The highest BCUT2D eigenvalue weighted by Crippen LogP contribution is 2.35. The van der Waals surface area contributed by atoms with E-state index in [1.165, 1.54) is 11.1 Å². The summed E-state index contributed by atoms with van der Waals surface area (Å²) in [5, 5.41) is 15.1. The van der Waals surface area contributed by atoms with E-state index in [0.29, 0.717) is 37.2 Å². The Bertz CT molecular complexity index is 915. The summed E-state index contributed by atoms with van der Waals surface area (Å²) in [6.07, 6.45) is 12.4. The van der Waals surface area contributed by atoms with E-state index >= 15 is 0 Å². The summed E-state index contributed by atoms with van der Waals surface area (Å²) < 4.78 is 3.44. The number of hydrogen-bond acceptors (Lipinski definition) is 5. The Morgan fingerprint density at radius 2 is 2.00 bits per heavy atom. The van der Waals surface area contributed by atoms with Gasteiger partial charge >= 0.3 is 0 Å². The van der Waals surface area contributed by atoms with E-state index < -0.39 is 5.66 Å². The molecule has 2 aromatic rings. The minimum Gasteiger partial charge on any atom is -0.354 e. The lowest BCUT2D eigenvalue weighted by Gasteiger charge is -2.17. The number of likely N-dealkylation sites (N-methyl/N-ethyl adjacent to an activating group) is 1. The molecular weight excluding hydrogens is 358 g/mol. The third-order valence-corrected chi connectivity index (χ3v) is 4.61. The Balaban J connectivity index is 1.52. The van der Waals surface area contributed by atoms with E-state index in [1.807, 2.05) is 29.1 Å². The van der Waals surface area contributed by atoms with Crippen LogP contribution in [0.4, 0.5) is 0 Å². The van der Waals surface area contributed by atoms with Gasteiger partial charge in [0.15, 0.2) is 5.66 Å². The maximum atomic E-state index is 12.8. The molecule has 1 aliphatic heterocycles. The van der Waals surface area contributed by atoms with Gasteiger partial charge in [0.1, 0.15) is 11.4 Å². The zero-order valence-corrected chi connectivity index (χ0v) is 16.0. The average molecular weight is 381 g/mol. The molecule has 28 heavy (non-hydrogen) atoms. The SMILES string of the molecule is C#CCCC1(CCNC(=O)CN(C)C(=O)c2cnn(C)c2-n2cccc2)N=N1. The molecule has 0 saturated heterocycles. The zero-order valence-electron chi connectivity index (χ0n) is 16.0. The average Bonchev–Trinajstić information content (AvgIpc) is 3.05. The number of amides is 2. The Kier molecular flexibility index (Phi) is 5.59. The van der Waals surface area contributed by atoms with E-state index in [2.05, 4.69) is 26.6 Å². The summed E-state index contributed by atoms with van der Waals surface area (Å²) in [4.78, 5) is 26.4. The molecule has 2 aromatic heterocycles. The van der Waals surface area contributed by atoms with Crippen LogP contribution in [0.5, 0.6) is 0 Å². The number of aromatic nitrogens is 3. The minimum atomic E-state index is -0.428. The van der Waals surface area contributed by atoms with E-state index in [-0.39, 0.29) is 18.4 Å². The first-order valence-electron chi connectivity index (χ1n) is 9.01. The minimum absolute atomic E-state index is 0.0511. The van der Waals surface area contributed by atoms with Crippen molar-refractivity contribution in [3.63, 3.8) is 0 Å². The number of nitrogens with zero attached hydrogens (tertiary/aromatic N) is 6. The van der Waals surface area contributed by atoms with E-state index in [0.717, 1.165) is 0 Å². The molecule has 0 aliphatic carbocycles. The van der Waals surface area contributed by atoms with Crippen molar-refractivity contribution in [3.05, 3.63) is 36.3 Å². The number of terminal acetylenes is 1. The molecule has 0 radical (unpaired) electrons. The molecule has 3 rings (SSSR count). The fraction of sp³-hybridized carbons (Fsp3) is 0.421. The first-order valence-corrected chi connectivity index (χ1v) is 9.01. The summed E-state index contributed by atoms with van der Waals surface area (Å²) >= 11 is 0. The largest absolute Gasteiger partial charge is 0.354 e. The molecule has 0 spiro atoms. The van der Waals surface area contributed by atoms with Crippen LogP contribution in [0.3, 0.4) is 0 Å². The van der Waals surface area contributed by atoms with Crippen molar-refractivity contribution < 1.29 is 9.59 Å². The van der Waals surface area contributed by atoms with Crippen molar-refractivity contribution >= 4 is 11.8 Å². The second kappa shape index (κ2) is 8.08. The lowest BCUT2D eigenvalue weighted by atomic mass is 10.0. The van der Waals surface area contributed by atoms with Crippen molar-refractivity contribution in [2.24, 2.45) is 17.3 Å². The molecular formula is C19H23N7O2. The van der Waals surface area contributed by atoms with Crippen LogP contribution < -0.4 is 5.32 Å². The molecule has 1 aliphatic rings. The van der Waals surface area contributed by atoms with Crippen LogP contribution in [0.2, 0.25) is 0 Å². The number of hydrogen-bond donors (Lipinski definition) is 1. The van der Waals surface area contributed by atoms with Gasteiger partial charge in [-0.1, -0.05) is 0 Å². The lowest BCUT2D eigenvalue weighted by molar-refractivity contribution is -0.121. The molecule has 0 atom stereocenters. The molecule has 2 amide bonds. The van der Waals surface area contributed by atoms with Crippen LogP contribution >= 0.6 is 0 Å². The number of aryl methyl sites for hydroxylation is 1. The fourth-order valence-electron chi connectivity index (χ4n) is 2.98. The van der Waals surface area contributed by atoms with Gasteiger partial charge in [-0.25, -0.2) is 0 Å². The summed E-state index contributed by atoms with van der Waals surface area (Å²) in [6, 6.07) is 3.74. The van der Waals surface area contributed by atoms with Gasteiger partial charge in [-0.15, -0.1) is 12.3 Å². The van der Waals surface area contributed by atoms with Gasteiger partial charge in [0.25, 0.3) is 5.91 Å². The Labute approximate surface area is 163 Å². The molecule has 1 N–H and O–H groups in total. The van der Waals surface area contributed by atoms with E-state index in [4.69, 9.17) is 6.42 Å². The Morgan fingerprint density at radius 3 is 2.64 bits per heavy atom. The van der Waals surface area contributed by atoms with Crippen LogP contribution in [-0.2, 0) is 11.8 Å². The molecule has 3 heterocycles. The highest BCUT2D eigenvalue weighted by Gasteiger charge is 2.38. The molecule has 0 bridgehead atoms. The van der Waals surface area contributed by atoms with Crippen molar-refractivity contribution in [3.8, 4) is 18.2 Å². The summed E-state index contributed by atoms with van der Waals surface area (Å²) in [5.41, 5.74) is 0.000702. The monoisotopic (exact) mass is 381 g/mol. The predicted molar refractivity (Wildman–Crippen MR) is 103 cm³/mol. The number of carbonyl (C=O) groups is 2. The number of nitrogens with one attached hydrogen (secondary N) is 1. The predicted octanol–water partition coefficient (Wildman–Crippen LogP) is 1.36. The topological polar surface area (TPSA) is 96.9 Å². The van der Waals surface area contributed by atoms with Gasteiger partial charge in [0.05, 0.1) is 12.7 Å². The van der Waals surface area contributed by atoms with Gasteiger partial charge in [-0.05, 0) is 12.1 Å². The van der Waals surface area contributed by atoms with Gasteiger partial charge in [-0.2, -0.15) is 15.3 Å². The Hall–Kier alpha value is -3.41. The van der Waals surface area contributed by atoms with E-state index in [1.54, 1.807) is 18.8 Å². The van der Waals surface area contributed by atoms with Gasteiger partial charge in [0, 0.05) is 52.3 Å². The smallest absolute Gasteiger partial charge is 0.259 e. The summed E-state index contributed by atoms with van der Waals surface area (Å²) in [7, 11) is 3.36. The fourth-order valence-corrected chi connectivity index (χ4v) is 2.98. The van der Waals surface area contributed by atoms with Gasteiger partial charge in [-0.3, -0.25) is 14.3 Å². The third-order valence-electron chi connectivity index (χ3n) is 4.61. The van der Waals surface area contributed by atoms with Crippen LogP contribution in [0.25, 0.3) is 5.82 Å². The third kappa shape index (κ3) is 4.28. The molecule has 9 heteroatoms. The first kappa shape index (κ1) is 19.4. The highest BCUT2D eigenvalue weighted by atomic mass is 16.2. The lowest BCUT2D eigenvalue weighted by Crippen LogP contribution is -2.39. The summed E-state index contributed by atoms with van der Waals surface area (Å²) in [6.45, 7) is 0.379. The van der Waals surface area contributed by atoms with Crippen LogP contribution in [0.1, 0.15) is 29.6 Å². The number of carbonyl (C=O) groups excluding carboxylic acids is 2. The quantitative estimate of drug-likeness (QED) is 0.664. The zero-order chi connectivity index (χ0) is 20.1. The molecule has 0 aromatic carbocycles. The maximum absolute atomic E-state index is 12.8. The maximum Gasteiger partial charge on any atom is 0.259 e. The highest BCUT2D eigenvalue weighted by molar-refractivity contribution is 5.98. The van der Waals surface area contributed by atoms with Crippen LogP contribution in [-0.4, -0.2) is 56.9 Å². The number of rotatable bonds is 9. The second-order valence-corrected chi connectivity index (χ2v) is 6.74. The van der Waals surface area contributed by atoms with Crippen LogP contribution in [0, 0.1) is 12.3 Å². The van der Waals surface area contributed by atoms with E-state index in [9.17, 15) is 9.59 Å². The normalized spacial score (nSPS) is 13.8. The van der Waals surface area contributed by atoms with Crippen molar-refractivity contribution in [2.75, 3.05) is 20.1 Å². The first-order chi connectivity index (χ1) is 13.5. The molecule has 146 valence electrons. The van der Waals surface area contributed by atoms with Crippen molar-refractivity contribution in [1.82, 2.24) is 24.6 Å². The molecule has 9 nitrogen and oxygen atoms in total.